The van der Waals surface area contributed by atoms with Crippen molar-refractivity contribution in [3.63, 3.8) is 0 Å². The number of pyridine rings is 1. The van der Waals surface area contributed by atoms with Gasteiger partial charge in [-0.2, -0.15) is 0 Å². The van der Waals surface area contributed by atoms with Crippen molar-refractivity contribution >= 4 is 11.7 Å². The van der Waals surface area contributed by atoms with E-state index in [1.54, 1.807) is 6.20 Å². The van der Waals surface area contributed by atoms with Gasteiger partial charge in [0, 0.05) is 25.3 Å². The van der Waals surface area contributed by atoms with E-state index in [2.05, 4.69) is 15.2 Å². The minimum atomic E-state index is -0.197. The first-order valence-corrected chi connectivity index (χ1v) is 7.93. The van der Waals surface area contributed by atoms with Gasteiger partial charge in [0.05, 0.1) is 11.7 Å². The molecule has 0 radical (unpaired) electrons. The van der Waals surface area contributed by atoms with Crippen LogP contribution >= 0.6 is 0 Å². The van der Waals surface area contributed by atoms with E-state index in [0.717, 1.165) is 57.4 Å². The zero-order valence-electron chi connectivity index (χ0n) is 12.3. The van der Waals surface area contributed by atoms with Gasteiger partial charge in [0.1, 0.15) is 5.82 Å². The molecule has 1 amide bonds. The Balaban J connectivity index is 1.69. The number of nitrogens with one attached hydrogen (secondary N) is 1. The average molecular weight is 289 g/mol. The van der Waals surface area contributed by atoms with Crippen molar-refractivity contribution in [2.45, 2.75) is 50.7 Å². The molecule has 3 rings (SSSR count). The van der Waals surface area contributed by atoms with Gasteiger partial charge in [-0.25, -0.2) is 4.98 Å². The van der Waals surface area contributed by atoms with Gasteiger partial charge in [-0.15, -0.1) is 0 Å². The van der Waals surface area contributed by atoms with Crippen molar-refractivity contribution in [2.24, 2.45) is 0 Å². The lowest BCUT2D eigenvalue weighted by Crippen LogP contribution is -2.39. The molecular formula is C16H23N3O2. The number of nitrogens with zero attached hydrogens (tertiary/aromatic N) is 2. The van der Waals surface area contributed by atoms with E-state index in [0.29, 0.717) is 5.56 Å². The highest BCUT2D eigenvalue weighted by Crippen LogP contribution is 2.23. The van der Waals surface area contributed by atoms with Gasteiger partial charge >= 0.3 is 0 Å². The molecule has 0 atom stereocenters. The molecule has 2 fully saturated rings. The Morgan fingerprint density at radius 1 is 1.24 bits per heavy atom. The van der Waals surface area contributed by atoms with Crippen LogP contribution in [0.5, 0.6) is 0 Å². The maximum atomic E-state index is 12.5. The predicted molar refractivity (Wildman–Crippen MR) is 81.4 cm³/mol. The molecule has 1 aromatic heterocycles. The number of hydrogen-bond acceptors (Lipinski definition) is 4. The van der Waals surface area contributed by atoms with Crippen molar-refractivity contribution < 1.29 is 9.90 Å². The Morgan fingerprint density at radius 3 is 2.67 bits per heavy atom. The number of aromatic nitrogens is 1. The van der Waals surface area contributed by atoms with Gasteiger partial charge in [-0.3, -0.25) is 4.79 Å². The third kappa shape index (κ3) is 3.35. The second-order valence-electron chi connectivity index (χ2n) is 6.05. The van der Waals surface area contributed by atoms with Crippen LogP contribution in [-0.2, 0) is 0 Å². The lowest BCUT2D eigenvalue weighted by atomic mass is 9.93. The van der Waals surface area contributed by atoms with Crippen LogP contribution in [0.4, 0.5) is 5.82 Å². The molecule has 1 aromatic rings. The third-order valence-corrected chi connectivity index (χ3v) is 4.47. The number of carbonyl (C=O) groups excluding carboxylic acids is 1. The molecule has 2 N–H and O–H groups in total. The van der Waals surface area contributed by atoms with Crippen molar-refractivity contribution in [1.82, 2.24) is 10.3 Å². The number of carbonyl (C=O) groups is 1. The summed E-state index contributed by atoms with van der Waals surface area (Å²) in [5.41, 5.74) is 0.672. The zero-order chi connectivity index (χ0) is 14.7. The molecule has 5 nitrogen and oxygen atoms in total. The van der Waals surface area contributed by atoms with Gasteiger partial charge in [-0.05, 0) is 50.7 Å². The Labute approximate surface area is 125 Å². The molecule has 21 heavy (non-hydrogen) atoms. The fourth-order valence-corrected chi connectivity index (χ4v) is 3.24. The summed E-state index contributed by atoms with van der Waals surface area (Å²) in [5, 5.41) is 12.6. The number of anilines is 1. The van der Waals surface area contributed by atoms with E-state index in [9.17, 15) is 9.90 Å². The molecule has 0 bridgehead atoms. The SMILES string of the molecule is O=C(NC1CCC(O)CC1)c1cccnc1N1CCCC1. The van der Waals surface area contributed by atoms with Gasteiger partial charge < -0.3 is 15.3 Å². The molecule has 1 aliphatic heterocycles. The fraction of sp³-hybridized carbons (Fsp3) is 0.625. The van der Waals surface area contributed by atoms with E-state index >= 15 is 0 Å². The van der Waals surface area contributed by atoms with Crippen LogP contribution in [0.25, 0.3) is 0 Å². The number of amides is 1. The lowest BCUT2D eigenvalue weighted by Gasteiger charge is -2.27. The predicted octanol–water partition coefficient (Wildman–Crippen LogP) is 1.72. The van der Waals surface area contributed by atoms with E-state index in [1.165, 1.54) is 0 Å². The fourth-order valence-electron chi connectivity index (χ4n) is 3.24. The first-order valence-electron chi connectivity index (χ1n) is 7.93. The molecule has 1 saturated heterocycles. The van der Waals surface area contributed by atoms with Crippen LogP contribution in [0.15, 0.2) is 18.3 Å². The maximum Gasteiger partial charge on any atom is 0.255 e. The van der Waals surface area contributed by atoms with E-state index < -0.39 is 0 Å². The topological polar surface area (TPSA) is 65.5 Å². The first kappa shape index (κ1) is 14.3. The summed E-state index contributed by atoms with van der Waals surface area (Å²) < 4.78 is 0. The molecule has 2 aliphatic rings. The summed E-state index contributed by atoms with van der Waals surface area (Å²) in [5.74, 6) is 0.773. The molecule has 2 heterocycles. The number of aliphatic hydroxyl groups is 1. The number of aliphatic hydroxyl groups excluding tert-OH is 1. The molecule has 0 unspecified atom stereocenters. The molecule has 0 spiro atoms. The van der Waals surface area contributed by atoms with E-state index in [4.69, 9.17) is 0 Å². The summed E-state index contributed by atoms with van der Waals surface area (Å²) in [6.07, 6.45) is 7.14. The standard InChI is InChI=1S/C16H23N3O2/c20-13-7-5-12(6-8-13)18-16(21)14-4-3-9-17-15(14)19-10-1-2-11-19/h3-4,9,12-13,20H,1-2,5-8,10-11H2,(H,18,21). The highest BCUT2D eigenvalue weighted by atomic mass is 16.3. The Morgan fingerprint density at radius 2 is 1.95 bits per heavy atom. The average Bonchev–Trinajstić information content (AvgIpc) is 3.04. The van der Waals surface area contributed by atoms with Gasteiger partial charge in [0.15, 0.2) is 0 Å². The Bertz CT molecular complexity index is 492. The maximum absolute atomic E-state index is 12.5. The first-order chi connectivity index (χ1) is 10.2. The summed E-state index contributed by atoms with van der Waals surface area (Å²) in [6, 6.07) is 3.85. The summed E-state index contributed by atoms with van der Waals surface area (Å²) in [4.78, 5) is 19.1. The lowest BCUT2D eigenvalue weighted by molar-refractivity contribution is 0.0868. The highest BCUT2D eigenvalue weighted by Gasteiger charge is 2.24. The largest absolute Gasteiger partial charge is 0.393 e. The summed E-state index contributed by atoms with van der Waals surface area (Å²) in [7, 11) is 0. The van der Waals surface area contributed by atoms with Crippen LogP contribution in [0, 0.1) is 0 Å². The van der Waals surface area contributed by atoms with E-state index in [1.807, 2.05) is 12.1 Å². The van der Waals surface area contributed by atoms with Crippen molar-refractivity contribution in [3.05, 3.63) is 23.9 Å². The summed E-state index contributed by atoms with van der Waals surface area (Å²) >= 11 is 0. The van der Waals surface area contributed by atoms with Gasteiger partial charge in [-0.1, -0.05) is 0 Å². The van der Waals surface area contributed by atoms with Crippen LogP contribution in [-0.4, -0.2) is 41.2 Å². The van der Waals surface area contributed by atoms with E-state index in [-0.39, 0.29) is 18.1 Å². The van der Waals surface area contributed by atoms with Crippen LogP contribution in [0.2, 0.25) is 0 Å². The molecular weight excluding hydrogens is 266 g/mol. The minimum Gasteiger partial charge on any atom is -0.393 e. The molecule has 1 saturated carbocycles. The molecule has 1 aliphatic carbocycles. The minimum absolute atomic E-state index is 0.0358. The van der Waals surface area contributed by atoms with Crippen molar-refractivity contribution in [2.75, 3.05) is 18.0 Å². The zero-order valence-corrected chi connectivity index (χ0v) is 12.3. The third-order valence-electron chi connectivity index (χ3n) is 4.47. The quantitative estimate of drug-likeness (QED) is 0.889. The van der Waals surface area contributed by atoms with Crippen LogP contribution in [0.1, 0.15) is 48.9 Å². The van der Waals surface area contributed by atoms with Crippen molar-refractivity contribution in [1.29, 1.82) is 0 Å². The Hall–Kier alpha value is -1.62. The summed E-state index contributed by atoms with van der Waals surface area (Å²) in [6.45, 7) is 1.96. The molecule has 0 aromatic carbocycles. The second-order valence-corrected chi connectivity index (χ2v) is 6.05. The number of hydrogen-bond donors (Lipinski definition) is 2. The van der Waals surface area contributed by atoms with Crippen LogP contribution in [0.3, 0.4) is 0 Å². The second kappa shape index (κ2) is 6.43. The van der Waals surface area contributed by atoms with Crippen molar-refractivity contribution in [3.8, 4) is 0 Å². The number of rotatable bonds is 3. The molecule has 114 valence electrons. The normalized spacial score (nSPS) is 25.9. The molecule has 5 heteroatoms. The monoisotopic (exact) mass is 289 g/mol. The van der Waals surface area contributed by atoms with Gasteiger partial charge in [0.25, 0.3) is 5.91 Å². The van der Waals surface area contributed by atoms with Crippen LogP contribution < -0.4 is 10.2 Å². The highest BCUT2D eigenvalue weighted by molar-refractivity contribution is 5.99. The van der Waals surface area contributed by atoms with Gasteiger partial charge in [0.2, 0.25) is 0 Å². The Kier molecular flexibility index (Phi) is 4.39. The smallest absolute Gasteiger partial charge is 0.255 e.